The zero-order valence-electron chi connectivity index (χ0n) is 11.0. The van der Waals surface area contributed by atoms with Crippen LogP contribution in [0.3, 0.4) is 0 Å². The molecule has 108 valence electrons. The summed E-state index contributed by atoms with van der Waals surface area (Å²) in [6, 6.07) is 3.77. The van der Waals surface area contributed by atoms with E-state index in [1.165, 1.54) is 12.8 Å². The summed E-state index contributed by atoms with van der Waals surface area (Å²) in [5.74, 6) is 0.501. The van der Waals surface area contributed by atoms with Crippen molar-refractivity contribution in [3.8, 4) is 0 Å². The van der Waals surface area contributed by atoms with Crippen molar-refractivity contribution in [1.29, 1.82) is 0 Å². The number of carbonyl (C=O) groups is 1. The maximum Gasteiger partial charge on any atom is 0.253 e. The number of pyridine rings is 1. The summed E-state index contributed by atoms with van der Waals surface area (Å²) in [6.07, 6.45) is 5.64. The third-order valence-electron chi connectivity index (χ3n) is 3.32. The summed E-state index contributed by atoms with van der Waals surface area (Å²) in [5.41, 5.74) is 0.628. The molecule has 2 rings (SSSR count). The third-order valence-corrected chi connectivity index (χ3v) is 3.32. The number of halogens is 2. The van der Waals surface area contributed by atoms with Crippen LogP contribution in [0.1, 0.15) is 30.1 Å². The van der Waals surface area contributed by atoms with Crippen molar-refractivity contribution >= 4 is 30.7 Å². The molecule has 1 amide bonds. The lowest BCUT2D eigenvalue weighted by atomic mass is 9.92. The van der Waals surface area contributed by atoms with Crippen LogP contribution in [0.4, 0.5) is 0 Å². The van der Waals surface area contributed by atoms with Gasteiger partial charge in [-0.1, -0.05) is 0 Å². The van der Waals surface area contributed by atoms with Crippen LogP contribution in [0.5, 0.6) is 0 Å². The van der Waals surface area contributed by atoms with Crippen LogP contribution >= 0.6 is 24.8 Å². The molecule has 1 saturated heterocycles. The Labute approximate surface area is 126 Å². The first-order valence-corrected chi connectivity index (χ1v) is 6.19. The van der Waals surface area contributed by atoms with Crippen molar-refractivity contribution in [2.24, 2.45) is 5.92 Å². The Balaban J connectivity index is 0.00000162. The molecule has 0 aromatic carbocycles. The number of hydrogen-bond donors (Lipinski definition) is 2. The molecule has 6 heteroatoms. The van der Waals surface area contributed by atoms with E-state index in [1.807, 2.05) is 0 Å². The van der Waals surface area contributed by atoms with E-state index < -0.39 is 0 Å². The first kappa shape index (κ1) is 18.2. The summed E-state index contributed by atoms with van der Waals surface area (Å²) in [7, 11) is 0. The van der Waals surface area contributed by atoms with E-state index in [0.717, 1.165) is 13.1 Å². The molecular formula is C13H21Cl2N3O. The molecule has 2 atom stereocenters. The minimum absolute atomic E-state index is 0. The van der Waals surface area contributed by atoms with Crippen molar-refractivity contribution < 1.29 is 4.79 Å². The predicted molar refractivity (Wildman–Crippen MR) is 81.3 cm³/mol. The molecule has 4 nitrogen and oxygen atoms in total. The molecule has 1 aromatic heterocycles. The maximum atomic E-state index is 11.9. The van der Waals surface area contributed by atoms with Crippen molar-refractivity contribution in [3.63, 3.8) is 0 Å². The van der Waals surface area contributed by atoms with E-state index in [9.17, 15) is 4.79 Å². The minimum Gasteiger partial charge on any atom is -0.349 e. The molecule has 1 aliphatic rings. The largest absolute Gasteiger partial charge is 0.349 e. The second-order valence-corrected chi connectivity index (χ2v) is 4.61. The molecular weight excluding hydrogens is 285 g/mol. The van der Waals surface area contributed by atoms with Crippen LogP contribution in [0.15, 0.2) is 24.5 Å². The fourth-order valence-electron chi connectivity index (χ4n) is 2.21. The minimum atomic E-state index is -0.0313. The Morgan fingerprint density at radius 1 is 1.53 bits per heavy atom. The van der Waals surface area contributed by atoms with E-state index in [1.54, 1.807) is 24.5 Å². The highest BCUT2D eigenvalue weighted by Crippen LogP contribution is 2.14. The third kappa shape index (κ3) is 5.35. The molecule has 2 N–H and O–H groups in total. The van der Waals surface area contributed by atoms with Gasteiger partial charge in [-0.2, -0.15) is 0 Å². The normalized spacial score (nSPS) is 19.5. The first-order chi connectivity index (χ1) is 8.27. The number of carbonyl (C=O) groups excluding carboxylic acids is 1. The van der Waals surface area contributed by atoms with Gasteiger partial charge in [0.15, 0.2) is 0 Å². The second-order valence-electron chi connectivity index (χ2n) is 4.61. The van der Waals surface area contributed by atoms with E-state index in [2.05, 4.69) is 22.5 Å². The quantitative estimate of drug-likeness (QED) is 0.898. The number of rotatable bonds is 3. The predicted octanol–water partition coefficient (Wildman–Crippen LogP) is 2.04. The Bertz CT molecular complexity index is 369. The Morgan fingerprint density at radius 3 is 2.89 bits per heavy atom. The molecule has 0 radical (unpaired) electrons. The lowest BCUT2D eigenvalue weighted by molar-refractivity contribution is 0.0921. The van der Waals surface area contributed by atoms with Crippen molar-refractivity contribution in [2.45, 2.75) is 25.8 Å². The van der Waals surface area contributed by atoms with E-state index >= 15 is 0 Å². The highest BCUT2D eigenvalue weighted by Gasteiger charge is 2.21. The Morgan fingerprint density at radius 2 is 2.32 bits per heavy atom. The molecule has 0 saturated carbocycles. The summed E-state index contributed by atoms with van der Waals surface area (Å²) >= 11 is 0. The molecule has 1 aromatic rings. The molecule has 0 aliphatic carbocycles. The molecule has 1 aliphatic heterocycles. The van der Waals surface area contributed by atoms with Gasteiger partial charge in [0.1, 0.15) is 0 Å². The summed E-state index contributed by atoms with van der Waals surface area (Å²) < 4.78 is 0. The molecule has 2 heterocycles. The lowest BCUT2D eigenvalue weighted by Crippen LogP contribution is -2.44. The summed E-state index contributed by atoms with van der Waals surface area (Å²) in [6.45, 7) is 4.17. The summed E-state index contributed by atoms with van der Waals surface area (Å²) in [4.78, 5) is 15.9. The molecule has 19 heavy (non-hydrogen) atoms. The van der Waals surface area contributed by atoms with E-state index in [4.69, 9.17) is 0 Å². The SMILES string of the molecule is CC(NC(=O)c1cccnc1)C1CCCNC1.Cl.Cl. The fraction of sp³-hybridized carbons (Fsp3) is 0.538. The lowest BCUT2D eigenvalue weighted by Gasteiger charge is -2.28. The average Bonchev–Trinajstić information content (AvgIpc) is 2.40. The van der Waals surface area contributed by atoms with Gasteiger partial charge in [0.25, 0.3) is 5.91 Å². The van der Waals surface area contributed by atoms with E-state index in [-0.39, 0.29) is 36.8 Å². The van der Waals surface area contributed by atoms with Crippen molar-refractivity contribution in [2.75, 3.05) is 13.1 Å². The average molecular weight is 306 g/mol. The molecule has 0 spiro atoms. The van der Waals surface area contributed by atoms with Gasteiger partial charge >= 0.3 is 0 Å². The van der Waals surface area contributed by atoms with Gasteiger partial charge in [-0.05, 0) is 50.9 Å². The maximum absolute atomic E-state index is 11.9. The fourth-order valence-corrected chi connectivity index (χ4v) is 2.21. The number of amides is 1. The number of piperidine rings is 1. The molecule has 0 bridgehead atoms. The standard InChI is InChI=1S/C13H19N3O.2ClH/c1-10(11-4-2-6-14-8-11)16-13(17)12-5-3-7-15-9-12;;/h3,5,7,9-11,14H,2,4,6,8H2,1H3,(H,16,17);2*1H. The van der Waals surface area contributed by atoms with Gasteiger partial charge in [-0.15, -0.1) is 24.8 Å². The van der Waals surface area contributed by atoms with Crippen LogP contribution < -0.4 is 10.6 Å². The Hall–Kier alpha value is -0.840. The van der Waals surface area contributed by atoms with Crippen LogP contribution in [0.25, 0.3) is 0 Å². The van der Waals surface area contributed by atoms with Crippen LogP contribution in [-0.2, 0) is 0 Å². The molecule has 1 fully saturated rings. The van der Waals surface area contributed by atoms with Crippen LogP contribution in [0.2, 0.25) is 0 Å². The van der Waals surface area contributed by atoms with Gasteiger partial charge in [0.05, 0.1) is 5.56 Å². The zero-order valence-corrected chi connectivity index (χ0v) is 12.6. The van der Waals surface area contributed by atoms with Gasteiger partial charge in [-0.25, -0.2) is 0 Å². The van der Waals surface area contributed by atoms with Crippen molar-refractivity contribution in [3.05, 3.63) is 30.1 Å². The van der Waals surface area contributed by atoms with Crippen LogP contribution in [-0.4, -0.2) is 30.0 Å². The van der Waals surface area contributed by atoms with Gasteiger partial charge in [0.2, 0.25) is 0 Å². The molecule has 2 unspecified atom stereocenters. The number of nitrogens with zero attached hydrogens (tertiary/aromatic N) is 1. The number of nitrogens with one attached hydrogen (secondary N) is 2. The number of hydrogen-bond acceptors (Lipinski definition) is 3. The second kappa shape index (κ2) is 9.13. The van der Waals surface area contributed by atoms with E-state index in [0.29, 0.717) is 11.5 Å². The smallest absolute Gasteiger partial charge is 0.253 e. The zero-order chi connectivity index (χ0) is 12.1. The van der Waals surface area contributed by atoms with Gasteiger partial charge < -0.3 is 10.6 Å². The van der Waals surface area contributed by atoms with Crippen molar-refractivity contribution in [1.82, 2.24) is 15.6 Å². The monoisotopic (exact) mass is 305 g/mol. The topological polar surface area (TPSA) is 54.0 Å². The van der Waals surface area contributed by atoms with Gasteiger partial charge in [0, 0.05) is 18.4 Å². The Kier molecular flexibility index (Phi) is 8.72. The first-order valence-electron chi connectivity index (χ1n) is 6.19. The highest BCUT2D eigenvalue weighted by molar-refractivity contribution is 5.93. The van der Waals surface area contributed by atoms with Crippen LogP contribution in [0, 0.1) is 5.92 Å². The highest BCUT2D eigenvalue weighted by atomic mass is 35.5. The van der Waals surface area contributed by atoms with Gasteiger partial charge in [-0.3, -0.25) is 9.78 Å². The number of aromatic nitrogens is 1. The summed E-state index contributed by atoms with van der Waals surface area (Å²) in [5, 5.41) is 6.41.